The molecule has 4 nitrogen and oxygen atoms in total. The molecule has 1 aliphatic heterocycles. The van der Waals surface area contributed by atoms with Gasteiger partial charge in [0.25, 0.3) is 0 Å². The Kier molecular flexibility index (Phi) is 6.49. The van der Waals surface area contributed by atoms with Crippen molar-refractivity contribution in [2.24, 2.45) is 17.3 Å². The molecule has 21 heavy (non-hydrogen) atoms. The van der Waals surface area contributed by atoms with E-state index in [1.807, 2.05) is 0 Å². The maximum Gasteiger partial charge on any atom is 0.228 e. The second-order valence-corrected chi connectivity index (χ2v) is 6.97. The number of hydrogen-bond donors (Lipinski definition) is 2. The first-order valence-corrected chi connectivity index (χ1v) is 8.68. The van der Waals surface area contributed by atoms with Gasteiger partial charge >= 0.3 is 0 Å². The van der Waals surface area contributed by atoms with Gasteiger partial charge in [-0.05, 0) is 50.6 Å². The van der Waals surface area contributed by atoms with Crippen LogP contribution in [0.25, 0.3) is 0 Å². The van der Waals surface area contributed by atoms with E-state index >= 15 is 0 Å². The van der Waals surface area contributed by atoms with Crippen LogP contribution in [0.15, 0.2) is 0 Å². The fraction of sp³-hybridized carbons (Fsp3) is 0.941. The second-order valence-electron chi connectivity index (χ2n) is 6.97. The molecule has 4 heteroatoms. The summed E-state index contributed by atoms with van der Waals surface area (Å²) < 4.78 is 5.34. The van der Waals surface area contributed by atoms with Crippen molar-refractivity contribution in [2.45, 2.75) is 51.9 Å². The molecule has 0 atom stereocenters. The quantitative estimate of drug-likeness (QED) is 0.791. The summed E-state index contributed by atoms with van der Waals surface area (Å²) in [4.78, 5) is 12.7. The maximum atomic E-state index is 12.7. The van der Waals surface area contributed by atoms with E-state index in [4.69, 9.17) is 4.74 Å². The number of carbonyl (C=O) groups is 1. The molecule has 1 heterocycles. The van der Waals surface area contributed by atoms with E-state index in [1.54, 1.807) is 7.11 Å². The van der Waals surface area contributed by atoms with E-state index in [1.165, 1.54) is 32.1 Å². The standard InChI is InChI=1S/C17H32N2O2/c1-3-14-4-6-15(7-5-14)12-19-16(20)17(13-21-2)8-10-18-11-9-17/h14-15,18H,3-13H2,1-2H3,(H,19,20). The number of ether oxygens (including phenoxy) is 1. The largest absolute Gasteiger partial charge is 0.384 e. The van der Waals surface area contributed by atoms with Crippen molar-refractivity contribution in [2.75, 3.05) is 33.4 Å². The Hall–Kier alpha value is -0.610. The van der Waals surface area contributed by atoms with Crippen LogP contribution in [0.1, 0.15) is 51.9 Å². The first kappa shape index (κ1) is 16.8. The molecule has 0 spiro atoms. The van der Waals surface area contributed by atoms with E-state index in [0.717, 1.165) is 38.4 Å². The summed E-state index contributed by atoms with van der Waals surface area (Å²) in [6.45, 7) is 5.52. The van der Waals surface area contributed by atoms with Crippen molar-refractivity contribution >= 4 is 5.91 Å². The second kappa shape index (κ2) is 8.14. The molecule has 1 saturated carbocycles. The predicted octanol–water partition coefficient (Wildman–Crippen LogP) is 2.34. The third kappa shape index (κ3) is 4.43. The van der Waals surface area contributed by atoms with Gasteiger partial charge in [0, 0.05) is 13.7 Å². The highest BCUT2D eigenvalue weighted by atomic mass is 16.5. The van der Waals surface area contributed by atoms with Crippen LogP contribution in [0.3, 0.4) is 0 Å². The smallest absolute Gasteiger partial charge is 0.228 e. The van der Waals surface area contributed by atoms with Crippen molar-refractivity contribution in [1.29, 1.82) is 0 Å². The van der Waals surface area contributed by atoms with Gasteiger partial charge in [-0.2, -0.15) is 0 Å². The minimum Gasteiger partial charge on any atom is -0.384 e. The monoisotopic (exact) mass is 296 g/mol. The van der Waals surface area contributed by atoms with Crippen molar-refractivity contribution in [3.63, 3.8) is 0 Å². The molecule has 1 aliphatic carbocycles. The van der Waals surface area contributed by atoms with Gasteiger partial charge in [0.05, 0.1) is 12.0 Å². The zero-order chi connectivity index (χ0) is 15.1. The first-order chi connectivity index (χ1) is 10.2. The lowest BCUT2D eigenvalue weighted by Crippen LogP contribution is -2.51. The summed E-state index contributed by atoms with van der Waals surface area (Å²) in [5, 5.41) is 6.57. The molecule has 2 fully saturated rings. The minimum atomic E-state index is -0.305. The molecule has 2 aliphatic rings. The minimum absolute atomic E-state index is 0.212. The normalized spacial score (nSPS) is 29.0. The lowest BCUT2D eigenvalue weighted by molar-refractivity contribution is -0.136. The Bertz CT molecular complexity index is 313. The first-order valence-electron chi connectivity index (χ1n) is 8.68. The van der Waals surface area contributed by atoms with Gasteiger partial charge < -0.3 is 15.4 Å². The van der Waals surface area contributed by atoms with Gasteiger partial charge in [-0.1, -0.05) is 26.2 Å². The zero-order valence-electron chi connectivity index (χ0n) is 13.7. The lowest BCUT2D eigenvalue weighted by Gasteiger charge is -2.36. The summed E-state index contributed by atoms with van der Waals surface area (Å²) >= 11 is 0. The fourth-order valence-electron chi connectivity index (χ4n) is 3.89. The number of amides is 1. The van der Waals surface area contributed by atoms with Gasteiger partial charge in [0.2, 0.25) is 5.91 Å². The topological polar surface area (TPSA) is 50.4 Å². The van der Waals surface area contributed by atoms with Crippen molar-refractivity contribution < 1.29 is 9.53 Å². The van der Waals surface area contributed by atoms with Crippen molar-refractivity contribution in [3.8, 4) is 0 Å². The van der Waals surface area contributed by atoms with Crippen LogP contribution < -0.4 is 10.6 Å². The Morgan fingerprint density at radius 3 is 2.38 bits per heavy atom. The lowest BCUT2D eigenvalue weighted by atomic mass is 9.78. The molecule has 2 rings (SSSR count). The van der Waals surface area contributed by atoms with Crippen LogP contribution in [-0.2, 0) is 9.53 Å². The number of hydrogen-bond acceptors (Lipinski definition) is 3. The number of rotatable bonds is 6. The van der Waals surface area contributed by atoms with E-state index in [2.05, 4.69) is 17.6 Å². The molecule has 0 aromatic heterocycles. The van der Waals surface area contributed by atoms with Crippen LogP contribution in [-0.4, -0.2) is 39.3 Å². The van der Waals surface area contributed by atoms with E-state index < -0.39 is 0 Å². The van der Waals surface area contributed by atoms with Crippen LogP contribution >= 0.6 is 0 Å². The molecule has 0 aromatic carbocycles. The molecule has 0 aromatic rings. The molecule has 1 saturated heterocycles. The van der Waals surface area contributed by atoms with Gasteiger partial charge in [-0.25, -0.2) is 0 Å². The van der Waals surface area contributed by atoms with Crippen LogP contribution in [0.5, 0.6) is 0 Å². The number of methoxy groups -OCH3 is 1. The predicted molar refractivity (Wildman–Crippen MR) is 85.2 cm³/mol. The maximum absolute atomic E-state index is 12.7. The highest BCUT2D eigenvalue weighted by Crippen LogP contribution is 2.32. The molecule has 2 N–H and O–H groups in total. The Balaban J connectivity index is 1.79. The van der Waals surface area contributed by atoms with E-state index in [0.29, 0.717) is 12.5 Å². The average molecular weight is 296 g/mol. The third-order valence-corrected chi connectivity index (χ3v) is 5.56. The molecule has 1 amide bonds. The highest BCUT2D eigenvalue weighted by Gasteiger charge is 2.39. The third-order valence-electron chi connectivity index (χ3n) is 5.56. The molecular weight excluding hydrogens is 264 g/mol. The van der Waals surface area contributed by atoms with Gasteiger partial charge in [-0.15, -0.1) is 0 Å². The summed E-state index contributed by atoms with van der Waals surface area (Å²) in [6, 6.07) is 0. The molecule has 0 bridgehead atoms. The van der Waals surface area contributed by atoms with Crippen LogP contribution in [0.4, 0.5) is 0 Å². The summed E-state index contributed by atoms with van der Waals surface area (Å²) in [6.07, 6.45) is 8.30. The Morgan fingerprint density at radius 2 is 1.81 bits per heavy atom. The van der Waals surface area contributed by atoms with Crippen LogP contribution in [0.2, 0.25) is 0 Å². The van der Waals surface area contributed by atoms with Gasteiger partial charge in [-0.3, -0.25) is 4.79 Å². The average Bonchev–Trinajstić information content (AvgIpc) is 2.54. The van der Waals surface area contributed by atoms with E-state index in [9.17, 15) is 4.79 Å². The summed E-state index contributed by atoms with van der Waals surface area (Å²) in [5.74, 6) is 1.81. The Morgan fingerprint density at radius 1 is 1.19 bits per heavy atom. The van der Waals surface area contributed by atoms with Crippen molar-refractivity contribution in [1.82, 2.24) is 10.6 Å². The number of carbonyl (C=O) groups excluding carboxylic acids is 1. The van der Waals surface area contributed by atoms with Crippen molar-refractivity contribution in [3.05, 3.63) is 0 Å². The van der Waals surface area contributed by atoms with Gasteiger partial charge in [0.1, 0.15) is 0 Å². The zero-order valence-corrected chi connectivity index (χ0v) is 13.7. The summed E-state index contributed by atoms with van der Waals surface area (Å²) in [5.41, 5.74) is -0.305. The van der Waals surface area contributed by atoms with Crippen LogP contribution in [0, 0.1) is 17.3 Å². The number of nitrogens with one attached hydrogen (secondary N) is 2. The fourth-order valence-corrected chi connectivity index (χ4v) is 3.89. The molecule has 122 valence electrons. The molecule has 0 radical (unpaired) electrons. The number of piperidine rings is 1. The molecular formula is C17H32N2O2. The SMILES string of the molecule is CCC1CCC(CNC(=O)C2(COC)CCNCC2)CC1. The highest BCUT2D eigenvalue weighted by molar-refractivity contribution is 5.83. The van der Waals surface area contributed by atoms with E-state index in [-0.39, 0.29) is 11.3 Å². The Labute approximate surface area is 129 Å². The summed E-state index contributed by atoms with van der Waals surface area (Å²) in [7, 11) is 1.70. The van der Waals surface area contributed by atoms with Gasteiger partial charge in [0.15, 0.2) is 0 Å². The molecule has 0 unspecified atom stereocenters.